The van der Waals surface area contributed by atoms with E-state index in [1.165, 1.54) is 4.90 Å². The van der Waals surface area contributed by atoms with E-state index in [0.29, 0.717) is 31.0 Å². The molecule has 0 aromatic carbocycles. The van der Waals surface area contributed by atoms with E-state index in [1.54, 1.807) is 16.8 Å². The molecule has 1 atom stereocenters. The number of nitrogens with one attached hydrogen (secondary N) is 1. The Morgan fingerprint density at radius 2 is 1.80 bits per heavy atom. The zero-order valence-corrected chi connectivity index (χ0v) is 14.5. The van der Waals surface area contributed by atoms with E-state index in [9.17, 15) is 14.4 Å². The molecule has 134 valence electrons. The minimum atomic E-state index is -0.304. The number of hydrogen-bond acceptors (Lipinski definition) is 4. The molecule has 1 aromatic rings. The summed E-state index contributed by atoms with van der Waals surface area (Å²) in [4.78, 5) is 50.0. The van der Waals surface area contributed by atoms with E-state index in [0.717, 1.165) is 38.5 Å². The van der Waals surface area contributed by atoms with Gasteiger partial charge < -0.3 is 14.8 Å². The molecule has 2 fully saturated rings. The number of anilines is 1. The summed E-state index contributed by atoms with van der Waals surface area (Å²) in [7, 11) is 1.62. The lowest BCUT2D eigenvalue weighted by atomic mass is 9.94. The summed E-state index contributed by atoms with van der Waals surface area (Å²) in [5.41, 5.74) is 0.207. The zero-order chi connectivity index (χ0) is 17.6. The Bertz CT molecular complexity index is 768. The minimum Gasteiger partial charge on any atom is -0.336 e. The van der Waals surface area contributed by atoms with E-state index < -0.39 is 0 Å². The van der Waals surface area contributed by atoms with Gasteiger partial charge >= 0.3 is 6.03 Å². The van der Waals surface area contributed by atoms with Crippen LogP contribution >= 0.6 is 0 Å². The second-order valence-corrected chi connectivity index (χ2v) is 7.05. The van der Waals surface area contributed by atoms with Gasteiger partial charge in [-0.25, -0.2) is 9.78 Å². The van der Waals surface area contributed by atoms with Crippen molar-refractivity contribution in [2.24, 2.45) is 0 Å². The molecule has 0 spiro atoms. The van der Waals surface area contributed by atoms with Crippen LogP contribution in [0.25, 0.3) is 0 Å². The van der Waals surface area contributed by atoms with Crippen molar-refractivity contribution in [1.82, 2.24) is 19.8 Å². The number of aromatic nitrogens is 2. The van der Waals surface area contributed by atoms with Gasteiger partial charge in [-0.1, -0.05) is 0 Å². The number of nitrogens with zero attached hydrogens (tertiary/aromatic N) is 4. The van der Waals surface area contributed by atoms with E-state index >= 15 is 0 Å². The monoisotopic (exact) mass is 345 g/mol. The molecule has 0 radical (unpaired) electrons. The molecule has 1 unspecified atom stereocenters. The van der Waals surface area contributed by atoms with Gasteiger partial charge in [0.2, 0.25) is 5.82 Å². The summed E-state index contributed by atoms with van der Waals surface area (Å²) in [6, 6.07) is -0.380. The second kappa shape index (κ2) is 6.16. The molecule has 3 amide bonds. The number of urea groups is 1. The standard InChI is InChI=1S/C17H23N5O3/c1-20-14-12(11-7-3-6-10-22(11)17(20)25)15(23)19-13(18-14)16(24)21-8-4-2-5-9-21/h11H,2-10H2,1H3,(H,18,19,23). The maximum absolute atomic E-state index is 12.7. The number of amides is 3. The average molecular weight is 345 g/mol. The lowest BCUT2D eigenvalue weighted by Crippen LogP contribution is -2.52. The average Bonchev–Trinajstić information content (AvgIpc) is 2.65. The third-order valence-corrected chi connectivity index (χ3v) is 5.47. The quantitative estimate of drug-likeness (QED) is 0.835. The van der Waals surface area contributed by atoms with Crippen LogP contribution in [0.1, 0.15) is 60.7 Å². The van der Waals surface area contributed by atoms with Gasteiger partial charge in [0, 0.05) is 26.7 Å². The molecule has 2 saturated heterocycles. The Morgan fingerprint density at radius 1 is 1.08 bits per heavy atom. The summed E-state index contributed by atoms with van der Waals surface area (Å²) in [6.45, 7) is 2.02. The van der Waals surface area contributed by atoms with E-state index in [1.807, 2.05) is 0 Å². The highest BCUT2D eigenvalue weighted by Gasteiger charge is 2.40. The van der Waals surface area contributed by atoms with Crippen LogP contribution in [0.15, 0.2) is 4.79 Å². The van der Waals surface area contributed by atoms with Crippen LogP contribution in [-0.2, 0) is 0 Å². The predicted molar refractivity (Wildman–Crippen MR) is 91.7 cm³/mol. The van der Waals surface area contributed by atoms with Crippen molar-refractivity contribution in [2.45, 2.75) is 44.6 Å². The lowest BCUT2D eigenvalue weighted by Gasteiger charge is -2.42. The maximum Gasteiger partial charge on any atom is 0.325 e. The number of piperidine rings is 2. The summed E-state index contributed by atoms with van der Waals surface area (Å²) < 4.78 is 0. The summed E-state index contributed by atoms with van der Waals surface area (Å²) in [6.07, 6.45) is 5.74. The molecule has 3 aliphatic rings. The van der Waals surface area contributed by atoms with Crippen molar-refractivity contribution in [2.75, 3.05) is 31.6 Å². The smallest absolute Gasteiger partial charge is 0.325 e. The van der Waals surface area contributed by atoms with Crippen LogP contribution in [-0.4, -0.2) is 58.4 Å². The fraction of sp³-hybridized carbons (Fsp3) is 0.647. The van der Waals surface area contributed by atoms with Crippen LogP contribution < -0.4 is 10.5 Å². The number of aromatic amines is 1. The first-order chi connectivity index (χ1) is 12.1. The van der Waals surface area contributed by atoms with Crippen LogP contribution in [0.3, 0.4) is 0 Å². The Kier molecular flexibility index (Phi) is 3.97. The molecule has 1 aromatic heterocycles. The number of likely N-dealkylation sites (tertiary alicyclic amines) is 1. The fourth-order valence-electron chi connectivity index (χ4n) is 4.12. The van der Waals surface area contributed by atoms with Crippen molar-refractivity contribution < 1.29 is 9.59 Å². The first-order valence-electron chi connectivity index (χ1n) is 9.06. The minimum absolute atomic E-state index is 0.0366. The number of carbonyl (C=O) groups excluding carboxylic acids is 2. The highest BCUT2D eigenvalue weighted by Crippen LogP contribution is 2.38. The van der Waals surface area contributed by atoms with Gasteiger partial charge in [-0.2, -0.15) is 0 Å². The first kappa shape index (κ1) is 16.1. The van der Waals surface area contributed by atoms with E-state index in [-0.39, 0.29) is 29.4 Å². The van der Waals surface area contributed by atoms with Gasteiger partial charge in [0.1, 0.15) is 5.82 Å². The highest BCUT2D eigenvalue weighted by atomic mass is 16.2. The topological polar surface area (TPSA) is 89.6 Å². The molecule has 1 N–H and O–H groups in total. The van der Waals surface area contributed by atoms with Gasteiger partial charge in [-0.05, 0) is 38.5 Å². The van der Waals surface area contributed by atoms with Crippen LogP contribution in [0, 0.1) is 0 Å². The molecule has 25 heavy (non-hydrogen) atoms. The molecule has 8 nitrogen and oxygen atoms in total. The third-order valence-electron chi connectivity index (χ3n) is 5.47. The largest absolute Gasteiger partial charge is 0.336 e. The Balaban J connectivity index is 1.75. The Morgan fingerprint density at radius 3 is 2.56 bits per heavy atom. The molecule has 4 heterocycles. The van der Waals surface area contributed by atoms with Crippen LogP contribution in [0.4, 0.5) is 10.6 Å². The first-order valence-corrected chi connectivity index (χ1v) is 9.06. The SMILES string of the molecule is CN1C(=O)N2CCCCC2c2c1nc(C(=O)N1CCCCC1)[nH]c2=O. The van der Waals surface area contributed by atoms with Crippen molar-refractivity contribution in [3.8, 4) is 0 Å². The van der Waals surface area contributed by atoms with Gasteiger partial charge in [-0.15, -0.1) is 0 Å². The maximum atomic E-state index is 12.7. The molecule has 8 heteroatoms. The van der Waals surface area contributed by atoms with Crippen molar-refractivity contribution in [3.05, 3.63) is 21.7 Å². The van der Waals surface area contributed by atoms with Crippen molar-refractivity contribution in [1.29, 1.82) is 0 Å². The molecule has 4 rings (SSSR count). The normalized spacial score (nSPS) is 23.3. The number of hydrogen-bond donors (Lipinski definition) is 1. The van der Waals surface area contributed by atoms with Crippen LogP contribution in [0.2, 0.25) is 0 Å². The molecule has 3 aliphatic heterocycles. The van der Waals surface area contributed by atoms with Gasteiger partial charge in [-0.3, -0.25) is 14.5 Å². The Labute approximate surface area is 145 Å². The fourth-order valence-corrected chi connectivity index (χ4v) is 4.12. The number of rotatable bonds is 1. The predicted octanol–water partition coefficient (Wildman–Crippen LogP) is 1.49. The molecule has 0 saturated carbocycles. The Hall–Kier alpha value is -2.38. The van der Waals surface area contributed by atoms with E-state index in [2.05, 4.69) is 9.97 Å². The second-order valence-electron chi connectivity index (χ2n) is 7.05. The lowest BCUT2D eigenvalue weighted by molar-refractivity contribution is 0.0710. The summed E-state index contributed by atoms with van der Waals surface area (Å²) in [5.74, 6) is 0.110. The van der Waals surface area contributed by atoms with Gasteiger partial charge in [0.15, 0.2) is 0 Å². The highest BCUT2D eigenvalue weighted by molar-refractivity contribution is 5.95. The summed E-state index contributed by atoms with van der Waals surface area (Å²) in [5, 5.41) is 0. The molecular formula is C17H23N5O3. The number of carbonyl (C=O) groups is 2. The van der Waals surface area contributed by atoms with Crippen molar-refractivity contribution in [3.63, 3.8) is 0 Å². The van der Waals surface area contributed by atoms with Crippen molar-refractivity contribution >= 4 is 17.8 Å². The zero-order valence-electron chi connectivity index (χ0n) is 14.5. The number of fused-ring (bicyclic) bond motifs is 3. The van der Waals surface area contributed by atoms with Crippen LogP contribution in [0.5, 0.6) is 0 Å². The van der Waals surface area contributed by atoms with Gasteiger partial charge in [0.05, 0.1) is 11.6 Å². The van der Waals surface area contributed by atoms with E-state index in [4.69, 9.17) is 0 Å². The molecule has 0 bridgehead atoms. The van der Waals surface area contributed by atoms with Gasteiger partial charge in [0.25, 0.3) is 11.5 Å². The molecular weight excluding hydrogens is 322 g/mol. The third kappa shape index (κ3) is 2.60. The molecule has 0 aliphatic carbocycles. The summed E-state index contributed by atoms with van der Waals surface area (Å²) >= 11 is 0. The number of H-pyrrole nitrogens is 1.